The molecule has 20 heavy (non-hydrogen) atoms. The highest BCUT2D eigenvalue weighted by molar-refractivity contribution is 5.83. The molecule has 4 N–H and O–H groups in total. The van der Waals surface area contributed by atoms with Gasteiger partial charge in [-0.15, -0.1) is 0 Å². The predicted molar refractivity (Wildman–Crippen MR) is 86.0 cm³/mol. The summed E-state index contributed by atoms with van der Waals surface area (Å²) in [5.41, 5.74) is 8.38. The van der Waals surface area contributed by atoms with Crippen molar-refractivity contribution in [3.8, 4) is 0 Å². The summed E-state index contributed by atoms with van der Waals surface area (Å²) in [6.45, 7) is 4.99. The minimum atomic E-state index is 0.382. The Morgan fingerprint density at radius 2 is 2.20 bits per heavy atom. The maximum atomic E-state index is 5.83. The summed E-state index contributed by atoms with van der Waals surface area (Å²) < 4.78 is 0. The topological polar surface area (TPSA) is 66.2 Å². The van der Waals surface area contributed by atoms with E-state index in [0.29, 0.717) is 12.0 Å². The van der Waals surface area contributed by atoms with Gasteiger partial charge in [0.15, 0.2) is 5.96 Å². The molecule has 2 aromatic rings. The Hall–Kier alpha value is -1.97. The third kappa shape index (κ3) is 3.76. The Bertz CT molecular complexity index is 571. The SMILES string of the molecule is CCC(C)NC(N)=NCCCc1c[nH]c2ccccc12. The summed E-state index contributed by atoms with van der Waals surface area (Å²) >= 11 is 0. The second-order valence-corrected chi connectivity index (χ2v) is 5.18. The van der Waals surface area contributed by atoms with E-state index in [1.807, 2.05) is 6.07 Å². The number of aromatic amines is 1. The zero-order valence-corrected chi connectivity index (χ0v) is 12.3. The number of aryl methyl sites for hydroxylation is 1. The number of guanidine groups is 1. The highest BCUT2D eigenvalue weighted by atomic mass is 15.1. The molecule has 1 aromatic carbocycles. The summed E-state index contributed by atoms with van der Waals surface area (Å²) in [5, 5.41) is 4.48. The lowest BCUT2D eigenvalue weighted by Crippen LogP contribution is -2.38. The van der Waals surface area contributed by atoms with Gasteiger partial charge in [-0.3, -0.25) is 4.99 Å². The zero-order chi connectivity index (χ0) is 14.4. The lowest BCUT2D eigenvalue weighted by molar-refractivity contribution is 0.635. The lowest BCUT2D eigenvalue weighted by Gasteiger charge is -2.11. The number of fused-ring (bicyclic) bond motifs is 1. The van der Waals surface area contributed by atoms with Crippen LogP contribution in [-0.2, 0) is 6.42 Å². The second kappa shape index (κ2) is 6.98. The monoisotopic (exact) mass is 272 g/mol. The fourth-order valence-corrected chi connectivity index (χ4v) is 2.21. The molecule has 2 rings (SSSR count). The van der Waals surface area contributed by atoms with Crippen LogP contribution in [0, 0.1) is 0 Å². The number of aromatic nitrogens is 1. The molecule has 0 aliphatic rings. The van der Waals surface area contributed by atoms with Gasteiger partial charge in [-0.25, -0.2) is 0 Å². The molecule has 0 spiro atoms. The molecular formula is C16H24N4. The maximum Gasteiger partial charge on any atom is 0.188 e. The van der Waals surface area contributed by atoms with Gasteiger partial charge in [-0.1, -0.05) is 25.1 Å². The van der Waals surface area contributed by atoms with Crippen LogP contribution in [0.4, 0.5) is 0 Å². The minimum absolute atomic E-state index is 0.382. The molecule has 0 fully saturated rings. The molecule has 0 saturated carbocycles. The number of hydrogen-bond acceptors (Lipinski definition) is 1. The average molecular weight is 272 g/mol. The van der Waals surface area contributed by atoms with Crippen LogP contribution < -0.4 is 11.1 Å². The van der Waals surface area contributed by atoms with Crippen LogP contribution in [0.1, 0.15) is 32.3 Å². The molecular weight excluding hydrogens is 248 g/mol. The highest BCUT2D eigenvalue weighted by Gasteiger charge is 2.02. The quantitative estimate of drug-likeness (QED) is 0.430. The van der Waals surface area contributed by atoms with E-state index in [9.17, 15) is 0 Å². The molecule has 1 atom stereocenters. The van der Waals surface area contributed by atoms with Crippen LogP contribution in [0.3, 0.4) is 0 Å². The van der Waals surface area contributed by atoms with Gasteiger partial charge in [-0.2, -0.15) is 0 Å². The molecule has 0 amide bonds. The highest BCUT2D eigenvalue weighted by Crippen LogP contribution is 2.18. The summed E-state index contributed by atoms with van der Waals surface area (Å²) in [4.78, 5) is 7.66. The number of para-hydroxylation sites is 1. The molecule has 0 radical (unpaired) electrons. The van der Waals surface area contributed by atoms with Crippen LogP contribution in [0.5, 0.6) is 0 Å². The number of nitrogens with zero attached hydrogens (tertiary/aromatic N) is 1. The smallest absolute Gasteiger partial charge is 0.188 e. The Morgan fingerprint density at radius 3 is 3.00 bits per heavy atom. The van der Waals surface area contributed by atoms with Crippen molar-refractivity contribution in [2.75, 3.05) is 6.54 Å². The van der Waals surface area contributed by atoms with Crippen molar-refractivity contribution in [3.05, 3.63) is 36.0 Å². The molecule has 4 nitrogen and oxygen atoms in total. The first-order chi connectivity index (χ1) is 9.70. The number of hydrogen-bond donors (Lipinski definition) is 3. The van der Waals surface area contributed by atoms with Crippen LogP contribution in [0.25, 0.3) is 10.9 Å². The first kappa shape index (κ1) is 14.4. The van der Waals surface area contributed by atoms with Gasteiger partial charge in [0.25, 0.3) is 0 Å². The van der Waals surface area contributed by atoms with Crippen molar-refractivity contribution in [1.29, 1.82) is 0 Å². The lowest BCUT2D eigenvalue weighted by atomic mass is 10.1. The van der Waals surface area contributed by atoms with Gasteiger partial charge in [-0.05, 0) is 37.8 Å². The van der Waals surface area contributed by atoms with Crippen LogP contribution in [-0.4, -0.2) is 23.5 Å². The Morgan fingerprint density at radius 1 is 1.40 bits per heavy atom. The van der Waals surface area contributed by atoms with Crippen LogP contribution >= 0.6 is 0 Å². The largest absolute Gasteiger partial charge is 0.370 e. The molecule has 1 aromatic heterocycles. The second-order valence-electron chi connectivity index (χ2n) is 5.18. The van der Waals surface area contributed by atoms with Crippen molar-refractivity contribution in [2.24, 2.45) is 10.7 Å². The normalized spacial score (nSPS) is 13.6. The first-order valence-electron chi connectivity index (χ1n) is 7.32. The van der Waals surface area contributed by atoms with Gasteiger partial charge in [0.2, 0.25) is 0 Å². The van der Waals surface area contributed by atoms with Crippen LogP contribution in [0.15, 0.2) is 35.5 Å². The molecule has 0 aliphatic heterocycles. The molecule has 0 saturated heterocycles. The summed E-state index contributed by atoms with van der Waals surface area (Å²) in [7, 11) is 0. The van der Waals surface area contributed by atoms with Gasteiger partial charge >= 0.3 is 0 Å². The van der Waals surface area contributed by atoms with Gasteiger partial charge in [0.05, 0.1) is 0 Å². The van der Waals surface area contributed by atoms with Crippen molar-refractivity contribution < 1.29 is 0 Å². The van der Waals surface area contributed by atoms with E-state index in [1.54, 1.807) is 0 Å². The van der Waals surface area contributed by atoms with E-state index in [-0.39, 0.29) is 0 Å². The standard InChI is InChI=1S/C16H24N4/c1-3-12(2)20-16(17)18-10-6-7-13-11-19-15-9-5-4-8-14(13)15/h4-5,8-9,11-12,19H,3,6-7,10H2,1-2H3,(H3,17,18,20). The molecule has 108 valence electrons. The van der Waals surface area contributed by atoms with E-state index in [1.165, 1.54) is 16.5 Å². The van der Waals surface area contributed by atoms with E-state index in [2.05, 4.69) is 53.5 Å². The molecule has 1 unspecified atom stereocenters. The molecule has 4 heteroatoms. The molecule has 1 heterocycles. The number of nitrogens with two attached hydrogens (primary N) is 1. The minimum Gasteiger partial charge on any atom is -0.370 e. The van der Waals surface area contributed by atoms with E-state index < -0.39 is 0 Å². The fraction of sp³-hybridized carbons (Fsp3) is 0.438. The van der Waals surface area contributed by atoms with Crippen molar-refractivity contribution in [1.82, 2.24) is 10.3 Å². The van der Waals surface area contributed by atoms with Crippen molar-refractivity contribution in [2.45, 2.75) is 39.2 Å². The van der Waals surface area contributed by atoms with Gasteiger partial charge < -0.3 is 16.0 Å². The first-order valence-corrected chi connectivity index (χ1v) is 7.32. The third-order valence-electron chi connectivity index (χ3n) is 3.57. The Labute approximate surface area is 120 Å². The Kier molecular flexibility index (Phi) is 5.04. The van der Waals surface area contributed by atoms with E-state index in [4.69, 9.17) is 5.73 Å². The molecule has 0 bridgehead atoms. The molecule has 0 aliphatic carbocycles. The Balaban J connectivity index is 1.83. The summed E-state index contributed by atoms with van der Waals surface area (Å²) in [5.74, 6) is 0.554. The number of benzene rings is 1. The summed E-state index contributed by atoms with van der Waals surface area (Å²) in [6.07, 6.45) is 5.16. The predicted octanol–water partition coefficient (Wildman–Crippen LogP) is 2.80. The number of aliphatic imine (C=N–C) groups is 1. The summed E-state index contributed by atoms with van der Waals surface area (Å²) in [6, 6.07) is 8.77. The van der Waals surface area contributed by atoms with Crippen LogP contribution in [0.2, 0.25) is 0 Å². The van der Waals surface area contributed by atoms with Gasteiger partial charge in [0, 0.05) is 29.7 Å². The number of H-pyrrole nitrogens is 1. The third-order valence-corrected chi connectivity index (χ3v) is 3.57. The zero-order valence-electron chi connectivity index (χ0n) is 12.3. The van der Waals surface area contributed by atoms with E-state index in [0.717, 1.165) is 25.8 Å². The van der Waals surface area contributed by atoms with E-state index >= 15 is 0 Å². The van der Waals surface area contributed by atoms with Gasteiger partial charge in [0.1, 0.15) is 0 Å². The fourth-order valence-electron chi connectivity index (χ4n) is 2.21. The van der Waals surface area contributed by atoms with Crippen molar-refractivity contribution in [3.63, 3.8) is 0 Å². The number of rotatable bonds is 6. The number of nitrogens with one attached hydrogen (secondary N) is 2. The average Bonchev–Trinajstić information content (AvgIpc) is 2.87. The maximum absolute atomic E-state index is 5.83. The van der Waals surface area contributed by atoms with Crippen molar-refractivity contribution >= 4 is 16.9 Å².